The monoisotopic (exact) mass is 570 g/mol. The number of allylic oxidation sites excluding steroid dienone is 1. The van der Waals surface area contributed by atoms with Gasteiger partial charge in [-0.2, -0.15) is 0 Å². The van der Waals surface area contributed by atoms with Gasteiger partial charge in [0, 0.05) is 38.4 Å². The van der Waals surface area contributed by atoms with E-state index in [-0.39, 0.29) is 11.7 Å². The number of aromatic nitrogens is 1. The number of aryl methyl sites for hydroxylation is 1. The molecule has 7 heteroatoms. The Bertz CT molecular complexity index is 1650. The molecule has 0 spiro atoms. The first-order valence-corrected chi connectivity index (χ1v) is 16.6. The van der Waals surface area contributed by atoms with Crippen molar-refractivity contribution in [1.82, 2.24) is 4.98 Å². The highest BCUT2D eigenvalue weighted by atomic mass is 31.1. The lowest BCUT2D eigenvalue weighted by atomic mass is 10.1. The fourth-order valence-corrected chi connectivity index (χ4v) is 9.30. The van der Waals surface area contributed by atoms with E-state index in [0.29, 0.717) is 5.66 Å². The number of pyridine rings is 1. The Kier molecular flexibility index (Phi) is 7.46. The summed E-state index contributed by atoms with van der Waals surface area (Å²) in [5.41, 5.74) is 4.65. The van der Waals surface area contributed by atoms with Crippen molar-refractivity contribution < 1.29 is 13.8 Å². The van der Waals surface area contributed by atoms with Crippen LogP contribution < -0.4 is 19.7 Å². The van der Waals surface area contributed by atoms with Crippen molar-refractivity contribution in [2.24, 2.45) is 0 Å². The van der Waals surface area contributed by atoms with Gasteiger partial charge in [-0.25, -0.2) is 4.98 Å². The molecule has 3 aromatic carbocycles. The number of benzene rings is 3. The Morgan fingerprint density at radius 3 is 2.15 bits per heavy atom. The normalized spacial score (nSPS) is 20.8. The first-order chi connectivity index (χ1) is 19.3. The molecule has 1 aromatic heterocycles. The summed E-state index contributed by atoms with van der Waals surface area (Å²) in [5.74, 6) is 2.51. The van der Waals surface area contributed by atoms with E-state index in [1.165, 1.54) is 16.2 Å². The number of rotatable bonds is 3. The molecule has 40 heavy (non-hydrogen) atoms. The van der Waals surface area contributed by atoms with Crippen LogP contribution in [0.1, 0.15) is 39.7 Å². The maximum atomic E-state index is 6.98. The molecule has 206 valence electrons. The highest BCUT2D eigenvalue weighted by Gasteiger charge is 2.33. The Labute approximate surface area is 239 Å². The summed E-state index contributed by atoms with van der Waals surface area (Å²) in [7, 11) is -0.277. The van der Waals surface area contributed by atoms with E-state index in [1.807, 2.05) is 6.07 Å². The van der Waals surface area contributed by atoms with Gasteiger partial charge in [0.25, 0.3) is 0 Å². The topological polar surface area (TPSA) is 52.6 Å². The lowest BCUT2D eigenvalue weighted by Crippen LogP contribution is -2.29. The van der Waals surface area contributed by atoms with Crippen molar-refractivity contribution in [1.29, 1.82) is 0 Å². The van der Waals surface area contributed by atoms with Gasteiger partial charge in [-0.1, -0.05) is 63.6 Å². The number of nitrogens with one attached hydrogen (secondary N) is 1. The molecule has 1 aliphatic carbocycles. The van der Waals surface area contributed by atoms with E-state index in [0.717, 1.165) is 51.2 Å². The first-order valence-electron chi connectivity index (χ1n) is 13.9. The summed E-state index contributed by atoms with van der Waals surface area (Å²) in [6.45, 7) is 11.1. The Hall–Kier alpha value is -3.13. The quantitative estimate of drug-likeness (QED) is 0.197. The fraction of sp³-hybridized carbons (Fsp3) is 0.303. The maximum absolute atomic E-state index is 6.98. The van der Waals surface area contributed by atoms with E-state index in [2.05, 4.69) is 107 Å². The van der Waals surface area contributed by atoms with Gasteiger partial charge in [0.15, 0.2) is 0 Å². The number of methoxy groups -OCH3 is 1. The van der Waals surface area contributed by atoms with Gasteiger partial charge in [0.1, 0.15) is 44.6 Å². The second kappa shape index (κ2) is 11.0. The summed E-state index contributed by atoms with van der Waals surface area (Å²) >= 11 is 0. The van der Waals surface area contributed by atoms with Crippen LogP contribution in [-0.2, 0) is 4.74 Å². The van der Waals surface area contributed by atoms with Crippen molar-refractivity contribution in [3.63, 3.8) is 0 Å². The predicted octanol–water partition coefficient (Wildman–Crippen LogP) is 9.00. The highest BCUT2D eigenvalue weighted by molar-refractivity contribution is 7.62. The third kappa shape index (κ3) is 5.06. The standard InChI is InChI=1S/C33H36N2O3P2/c1-20(2)39-30-17-22(5)13-15-26(30)34-27-16-14-25(36-6)19-31(27)40(21(3)4)38-29-12-8-10-24-18-23-9-7-11-28(37-39)32(23)35-33(24)29/h7-15,17-21,27,34H,16H2,1-6H3. The Morgan fingerprint density at radius 1 is 0.875 bits per heavy atom. The fourth-order valence-electron chi connectivity index (χ4n) is 5.36. The number of hydrogen-bond acceptors (Lipinski definition) is 5. The minimum absolute atomic E-state index is 0.0720. The number of anilines is 1. The lowest BCUT2D eigenvalue weighted by molar-refractivity contribution is 0.302. The van der Waals surface area contributed by atoms with Crippen LogP contribution in [0.25, 0.3) is 21.8 Å². The molecule has 6 rings (SSSR count). The largest absolute Gasteiger partial charge is 0.497 e. The van der Waals surface area contributed by atoms with E-state index in [4.69, 9.17) is 18.8 Å². The van der Waals surface area contributed by atoms with Crippen LogP contribution >= 0.6 is 16.3 Å². The number of para-hydroxylation sites is 2. The Morgan fingerprint density at radius 2 is 1.52 bits per heavy atom. The van der Waals surface area contributed by atoms with Gasteiger partial charge < -0.3 is 19.1 Å². The molecule has 0 radical (unpaired) electrons. The molecule has 3 atom stereocenters. The minimum atomic E-state index is -1.02. The third-order valence-corrected chi connectivity index (χ3v) is 11.8. The molecule has 1 N–H and O–H groups in total. The summed E-state index contributed by atoms with van der Waals surface area (Å²) in [4.78, 5) is 5.22. The Balaban J connectivity index is 1.64. The zero-order valence-corrected chi connectivity index (χ0v) is 25.7. The van der Waals surface area contributed by atoms with Crippen LogP contribution in [0.5, 0.6) is 11.5 Å². The lowest BCUT2D eigenvalue weighted by Gasteiger charge is -2.34. The number of ether oxygens (including phenoxy) is 1. The van der Waals surface area contributed by atoms with Gasteiger partial charge >= 0.3 is 0 Å². The van der Waals surface area contributed by atoms with Crippen molar-refractivity contribution in [3.8, 4) is 11.5 Å². The zero-order valence-electron chi connectivity index (χ0n) is 23.9. The van der Waals surface area contributed by atoms with Crippen molar-refractivity contribution >= 4 is 49.1 Å². The van der Waals surface area contributed by atoms with Crippen LogP contribution in [0.15, 0.2) is 83.9 Å². The molecule has 0 amide bonds. The van der Waals surface area contributed by atoms with Gasteiger partial charge in [-0.3, -0.25) is 0 Å². The average Bonchev–Trinajstić information content (AvgIpc) is 2.94. The summed E-state index contributed by atoms with van der Waals surface area (Å²) < 4.78 is 19.7. The molecule has 4 aromatic rings. The van der Waals surface area contributed by atoms with Crippen LogP contribution in [0, 0.1) is 6.92 Å². The van der Waals surface area contributed by atoms with Crippen molar-refractivity contribution in [3.05, 3.63) is 89.5 Å². The molecule has 0 saturated carbocycles. The third-order valence-electron chi connectivity index (χ3n) is 7.34. The van der Waals surface area contributed by atoms with Gasteiger partial charge in [-0.05, 0) is 55.8 Å². The molecular weight excluding hydrogens is 534 g/mol. The molecule has 1 aliphatic heterocycles. The van der Waals surface area contributed by atoms with E-state index >= 15 is 0 Å². The number of fused-ring (bicyclic) bond motifs is 2. The summed E-state index contributed by atoms with van der Waals surface area (Å²) in [5, 5.41) is 8.52. The molecule has 0 fully saturated rings. The minimum Gasteiger partial charge on any atom is -0.497 e. The van der Waals surface area contributed by atoms with Crippen LogP contribution in [0.3, 0.4) is 0 Å². The van der Waals surface area contributed by atoms with Crippen LogP contribution in [0.2, 0.25) is 0 Å². The van der Waals surface area contributed by atoms with Crippen molar-refractivity contribution in [2.45, 2.75) is 58.4 Å². The first kappa shape index (κ1) is 27.1. The van der Waals surface area contributed by atoms with Gasteiger partial charge in [-0.15, -0.1) is 0 Å². The van der Waals surface area contributed by atoms with E-state index in [1.54, 1.807) is 7.11 Å². The van der Waals surface area contributed by atoms with Crippen LogP contribution in [-0.4, -0.2) is 29.5 Å². The predicted molar refractivity (Wildman–Crippen MR) is 171 cm³/mol. The molecule has 3 unspecified atom stereocenters. The second-order valence-corrected chi connectivity index (χ2v) is 15.7. The molecule has 2 bridgehead atoms. The SMILES string of the molecule is COC1=CCC2Nc3ccc(C)cc3P(C(C)C)Oc3cccc4cc5cccc(c5nc34)OP(C(C)C)C2=C1. The number of hydrogen-bond donors (Lipinski definition) is 1. The smallest absolute Gasteiger partial charge is 0.150 e. The highest BCUT2D eigenvalue weighted by Crippen LogP contribution is 2.55. The van der Waals surface area contributed by atoms with E-state index in [9.17, 15) is 0 Å². The second-order valence-electron chi connectivity index (χ2n) is 11.0. The van der Waals surface area contributed by atoms with E-state index < -0.39 is 16.3 Å². The summed E-state index contributed by atoms with van der Waals surface area (Å²) in [6.07, 6.45) is 5.16. The zero-order chi connectivity index (χ0) is 28.0. The van der Waals surface area contributed by atoms with Crippen molar-refractivity contribution in [2.75, 3.05) is 12.4 Å². The molecule has 0 saturated heterocycles. The maximum Gasteiger partial charge on any atom is 0.150 e. The average molecular weight is 571 g/mol. The molecular formula is C33H36N2O3P2. The number of nitrogens with zero attached hydrogens (tertiary/aromatic N) is 1. The molecule has 5 nitrogen and oxygen atoms in total. The molecule has 2 heterocycles. The van der Waals surface area contributed by atoms with Gasteiger partial charge in [0.05, 0.1) is 13.2 Å². The summed E-state index contributed by atoms with van der Waals surface area (Å²) in [6, 6.07) is 21.4. The molecule has 2 aliphatic rings. The van der Waals surface area contributed by atoms with Gasteiger partial charge in [0.2, 0.25) is 0 Å². The van der Waals surface area contributed by atoms with Crippen LogP contribution in [0.4, 0.5) is 5.69 Å².